The smallest absolute Gasteiger partial charge is 0.261 e. The molecule has 3 aliphatic rings. The van der Waals surface area contributed by atoms with E-state index in [-0.39, 0.29) is 23.8 Å². The molecule has 10 nitrogen and oxygen atoms in total. The third kappa shape index (κ3) is 3.78. The Morgan fingerprint density at radius 2 is 2.11 bits per heavy atom. The van der Waals surface area contributed by atoms with Crippen LogP contribution in [0.1, 0.15) is 42.1 Å². The molecular weight excluding hydrogens is 448 g/mol. The molecule has 1 spiro atoms. The molecule has 1 atom stereocenters. The Kier molecular flexibility index (Phi) is 4.96. The number of anilines is 2. The standard InChI is InChI=1S/C25H28N6O4/c1-24(15-32)11-16-9-18(29-23(34)17-13-28-31-6-2-5-26-22(17)31)19(10-20(16)35-24)30-7-3-25(4-8-30)12-21(33)27-14-25/h2,5-6,9-10,13,32H,3-4,7-8,11-12,14-15H2,1H3,(H,27,33)(H,29,34)/t24-/m1/s1. The van der Waals surface area contributed by atoms with Crippen LogP contribution in [0.25, 0.3) is 5.65 Å². The Labute approximate surface area is 202 Å². The molecule has 0 bridgehead atoms. The number of hydrogen-bond acceptors (Lipinski definition) is 7. The lowest BCUT2D eigenvalue weighted by Crippen LogP contribution is -2.41. The molecule has 3 aliphatic heterocycles. The lowest BCUT2D eigenvalue weighted by molar-refractivity contribution is -0.119. The van der Waals surface area contributed by atoms with Gasteiger partial charge >= 0.3 is 0 Å². The van der Waals surface area contributed by atoms with Crippen molar-refractivity contribution in [2.24, 2.45) is 5.41 Å². The second kappa shape index (κ2) is 7.94. The van der Waals surface area contributed by atoms with E-state index in [1.165, 1.54) is 6.20 Å². The topological polar surface area (TPSA) is 121 Å². The first kappa shape index (κ1) is 21.8. The number of amides is 2. The number of piperidine rings is 1. The van der Waals surface area contributed by atoms with Crippen LogP contribution in [0.5, 0.6) is 5.75 Å². The van der Waals surface area contributed by atoms with E-state index in [4.69, 9.17) is 4.74 Å². The summed E-state index contributed by atoms with van der Waals surface area (Å²) in [5, 5.41) is 20.1. The highest BCUT2D eigenvalue weighted by atomic mass is 16.5. The van der Waals surface area contributed by atoms with Crippen LogP contribution >= 0.6 is 0 Å². The van der Waals surface area contributed by atoms with Crippen molar-refractivity contribution < 1.29 is 19.4 Å². The van der Waals surface area contributed by atoms with E-state index >= 15 is 0 Å². The van der Waals surface area contributed by atoms with Gasteiger partial charge in [0.1, 0.15) is 16.9 Å². The van der Waals surface area contributed by atoms with Crippen molar-refractivity contribution >= 4 is 28.8 Å². The number of fused-ring (bicyclic) bond motifs is 2. The summed E-state index contributed by atoms with van der Waals surface area (Å²) in [5.74, 6) is 0.565. The molecule has 0 radical (unpaired) electrons. The summed E-state index contributed by atoms with van der Waals surface area (Å²) in [7, 11) is 0. The van der Waals surface area contributed by atoms with E-state index in [9.17, 15) is 14.7 Å². The number of rotatable bonds is 4. The SMILES string of the molecule is C[C@]1(CO)Cc2cc(NC(=O)c3cnn4cccnc34)c(N3CCC4(CC3)CNC(=O)C4)cc2O1. The predicted octanol–water partition coefficient (Wildman–Crippen LogP) is 1.77. The monoisotopic (exact) mass is 476 g/mol. The predicted molar refractivity (Wildman–Crippen MR) is 129 cm³/mol. The summed E-state index contributed by atoms with van der Waals surface area (Å²) in [5.41, 5.74) is 2.71. The summed E-state index contributed by atoms with van der Waals surface area (Å²) >= 11 is 0. The fourth-order valence-electron chi connectivity index (χ4n) is 5.51. The quantitative estimate of drug-likeness (QED) is 0.525. The molecule has 10 heteroatoms. The molecule has 0 aliphatic carbocycles. The lowest BCUT2D eigenvalue weighted by atomic mass is 9.77. The van der Waals surface area contributed by atoms with E-state index in [1.807, 2.05) is 19.1 Å². The highest BCUT2D eigenvalue weighted by Gasteiger charge is 2.42. The molecule has 2 aromatic heterocycles. The average molecular weight is 477 g/mol. The van der Waals surface area contributed by atoms with Gasteiger partial charge in [-0.1, -0.05) is 0 Å². The van der Waals surface area contributed by atoms with Gasteiger partial charge in [0, 0.05) is 56.5 Å². The van der Waals surface area contributed by atoms with Gasteiger partial charge in [0.2, 0.25) is 5.91 Å². The number of benzene rings is 1. The minimum absolute atomic E-state index is 0.0163. The maximum atomic E-state index is 13.3. The minimum atomic E-state index is -0.684. The Morgan fingerprint density at radius 3 is 2.86 bits per heavy atom. The van der Waals surface area contributed by atoms with Gasteiger partial charge in [-0.15, -0.1) is 0 Å². The maximum absolute atomic E-state index is 13.3. The van der Waals surface area contributed by atoms with E-state index in [0.29, 0.717) is 29.7 Å². The van der Waals surface area contributed by atoms with Crippen LogP contribution < -0.4 is 20.3 Å². The summed E-state index contributed by atoms with van der Waals surface area (Å²) in [6.07, 6.45) is 7.82. The van der Waals surface area contributed by atoms with E-state index in [1.54, 1.807) is 23.0 Å². The number of carbonyl (C=O) groups excluding carboxylic acids is 2. The van der Waals surface area contributed by atoms with Gasteiger partial charge in [-0.2, -0.15) is 5.10 Å². The van der Waals surface area contributed by atoms with Gasteiger partial charge in [-0.05, 0) is 37.3 Å². The van der Waals surface area contributed by atoms with E-state index in [2.05, 4.69) is 25.6 Å². The zero-order valence-electron chi connectivity index (χ0n) is 19.6. The van der Waals surface area contributed by atoms with Crippen molar-refractivity contribution in [1.29, 1.82) is 0 Å². The zero-order chi connectivity index (χ0) is 24.2. The van der Waals surface area contributed by atoms with Gasteiger partial charge in [0.15, 0.2) is 5.65 Å². The average Bonchev–Trinajstić information content (AvgIpc) is 3.54. The van der Waals surface area contributed by atoms with Crippen molar-refractivity contribution in [1.82, 2.24) is 19.9 Å². The molecule has 2 fully saturated rings. The van der Waals surface area contributed by atoms with Crippen molar-refractivity contribution in [3.63, 3.8) is 0 Å². The second-order valence-corrected chi connectivity index (χ2v) is 10.2. The third-order valence-electron chi connectivity index (χ3n) is 7.57. The van der Waals surface area contributed by atoms with Gasteiger partial charge in [-0.25, -0.2) is 9.50 Å². The lowest BCUT2D eigenvalue weighted by Gasteiger charge is -2.40. The molecule has 0 unspecified atom stereocenters. The number of hydrogen-bond donors (Lipinski definition) is 3. The number of nitrogens with one attached hydrogen (secondary N) is 2. The molecule has 0 saturated carbocycles. The normalized spacial score (nSPS) is 22.8. The summed E-state index contributed by atoms with van der Waals surface area (Å²) in [4.78, 5) is 31.7. The maximum Gasteiger partial charge on any atom is 0.261 e. The molecule has 2 saturated heterocycles. The third-order valence-corrected chi connectivity index (χ3v) is 7.57. The van der Waals surface area contributed by atoms with Crippen molar-refractivity contribution in [2.75, 3.05) is 36.5 Å². The highest BCUT2D eigenvalue weighted by molar-refractivity contribution is 6.09. The summed E-state index contributed by atoms with van der Waals surface area (Å²) in [6, 6.07) is 5.68. The van der Waals surface area contributed by atoms with Crippen LogP contribution in [0.15, 0.2) is 36.8 Å². The van der Waals surface area contributed by atoms with E-state index < -0.39 is 5.60 Å². The first-order valence-electron chi connectivity index (χ1n) is 12.0. The largest absolute Gasteiger partial charge is 0.484 e. The molecule has 3 aromatic rings. The summed E-state index contributed by atoms with van der Waals surface area (Å²) in [6.45, 7) is 4.05. The number of nitrogens with zero attached hydrogens (tertiary/aromatic N) is 4. The first-order valence-corrected chi connectivity index (χ1v) is 12.0. The molecule has 1 aromatic carbocycles. The van der Waals surface area contributed by atoms with Gasteiger partial charge in [0.05, 0.1) is 24.2 Å². The minimum Gasteiger partial charge on any atom is -0.484 e. The zero-order valence-corrected chi connectivity index (χ0v) is 19.6. The summed E-state index contributed by atoms with van der Waals surface area (Å²) < 4.78 is 7.67. The van der Waals surface area contributed by atoms with Crippen molar-refractivity contribution in [3.05, 3.63) is 47.9 Å². The Bertz CT molecular complexity index is 1330. The molecule has 182 valence electrons. The van der Waals surface area contributed by atoms with Crippen LogP contribution in [0.3, 0.4) is 0 Å². The van der Waals surface area contributed by atoms with Gasteiger partial charge < -0.3 is 25.4 Å². The highest BCUT2D eigenvalue weighted by Crippen LogP contribution is 2.45. The molecule has 2 amide bonds. The number of aromatic nitrogens is 3. The number of ether oxygens (including phenoxy) is 1. The molecule has 3 N–H and O–H groups in total. The fraction of sp³-hybridized carbons (Fsp3) is 0.440. The molecular formula is C25H28N6O4. The first-order chi connectivity index (χ1) is 16.9. The van der Waals surface area contributed by atoms with Crippen LogP contribution in [0, 0.1) is 5.41 Å². The van der Waals surface area contributed by atoms with Gasteiger partial charge in [-0.3, -0.25) is 9.59 Å². The molecule has 6 rings (SSSR count). The van der Waals surface area contributed by atoms with Crippen LogP contribution in [0.4, 0.5) is 11.4 Å². The number of aliphatic hydroxyl groups is 1. The van der Waals surface area contributed by atoms with E-state index in [0.717, 1.165) is 49.5 Å². The number of carbonyl (C=O) groups is 2. The van der Waals surface area contributed by atoms with Crippen molar-refractivity contribution in [3.8, 4) is 5.75 Å². The second-order valence-electron chi connectivity index (χ2n) is 10.2. The Hall–Kier alpha value is -3.66. The fourth-order valence-corrected chi connectivity index (χ4v) is 5.51. The molecule has 5 heterocycles. The van der Waals surface area contributed by atoms with Crippen molar-refractivity contribution in [2.45, 2.75) is 38.2 Å². The number of aliphatic hydroxyl groups excluding tert-OH is 1. The van der Waals surface area contributed by atoms with Crippen LogP contribution in [-0.4, -0.2) is 63.4 Å². The Balaban J connectivity index is 1.32. The molecule has 35 heavy (non-hydrogen) atoms. The van der Waals surface area contributed by atoms with Gasteiger partial charge in [0.25, 0.3) is 5.91 Å². The Morgan fingerprint density at radius 1 is 1.29 bits per heavy atom. The van der Waals surface area contributed by atoms with Crippen LogP contribution in [-0.2, 0) is 11.2 Å². The van der Waals surface area contributed by atoms with Crippen LogP contribution in [0.2, 0.25) is 0 Å².